The molecule has 4 nitrogen and oxygen atoms in total. The Kier molecular flexibility index (Phi) is 5.16. The molecule has 31 heavy (non-hydrogen) atoms. The third-order valence-corrected chi connectivity index (χ3v) is 8.23. The van der Waals surface area contributed by atoms with E-state index < -0.39 is 17.6 Å². The molecular formula is C26H30ClNO3. The number of benzene rings is 2. The van der Waals surface area contributed by atoms with Crippen molar-refractivity contribution in [2.24, 2.45) is 0 Å². The molecule has 1 amide bonds. The Morgan fingerprint density at radius 1 is 1.03 bits per heavy atom. The first kappa shape index (κ1) is 21.0. The number of aryl methyl sites for hydroxylation is 1. The van der Waals surface area contributed by atoms with Gasteiger partial charge in [0.1, 0.15) is 0 Å². The Bertz CT molecular complexity index is 1000. The lowest BCUT2D eigenvalue weighted by atomic mass is 9.69. The van der Waals surface area contributed by atoms with Gasteiger partial charge in [-0.15, -0.1) is 0 Å². The molecule has 1 aliphatic carbocycles. The van der Waals surface area contributed by atoms with E-state index >= 15 is 0 Å². The monoisotopic (exact) mass is 439 g/mol. The number of carbonyl (C=O) groups is 1. The fraction of sp³-hybridized carbons (Fsp3) is 0.500. The zero-order chi connectivity index (χ0) is 21.8. The van der Waals surface area contributed by atoms with Gasteiger partial charge in [0.2, 0.25) is 5.91 Å². The Morgan fingerprint density at radius 3 is 2.39 bits per heavy atom. The van der Waals surface area contributed by atoms with E-state index in [4.69, 9.17) is 16.3 Å². The van der Waals surface area contributed by atoms with Gasteiger partial charge in [-0.1, -0.05) is 35.9 Å². The second-order valence-corrected chi connectivity index (χ2v) is 10.1. The van der Waals surface area contributed by atoms with Crippen molar-refractivity contribution >= 4 is 17.5 Å². The van der Waals surface area contributed by atoms with Crippen LogP contribution in [0.15, 0.2) is 36.4 Å². The maximum atomic E-state index is 13.2. The number of halogens is 1. The van der Waals surface area contributed by atoms with Gasteiger partial charge in [0.05, 0.1) is 23.2 Å². The zero-order valence-electron chi connectivity index (χ0n) is 18.2. The third kappa shape index (κ3) is 3.40. The Morgan fingerprint density at radius 2 is 1.74 bits per heavy atom. The van der Waals surface area contributed by atoms with E-state index in [1.54, 1.807) is 0 Å². The average molecular weight is 440 g/mol. The summed E-state index contributed by atoms with van der Waals surface area (Å²) in [7, 11) is 0. The van der Waals surface area contributed by atoms with Crippen molar-refractivity contribution in [1.29, 1.82) is 0 Å². The van der Waals surface area contributed by atoms with Crippen LogP contribution in [0.2, 0.25) is 5.02 Å². The zero-order valence-corrected chi connectivity index (χ0v) is 19.0. The molecule has 2 aromatic carbocycles. The van der Waals surface area contributed by atoms with Crippen LogP contribution in [0.4, 0.5) is 0 Å². The molecule has 5 rings (SSSR count). The molecule has 5 heteroatoms. The second-order valence-electron chi connectivity index (χ2n) is 9.68. The van der Waals surface area contributed by atoms with Gasteiger partial charge in [-0.3, -0.25) is 4.79 Å². The van der Waals surface area contributed by atoms with Crippen molar-refractivity contribution in [2.45, 2.75) is 75.5 Å². The van der Waals surface area contributed by atoms with Gasteiger partial charge < -0.3 is 15.2 Å². The highest BCUT2D eigenvalue weighted by atomic mass is 35.5. The molecule has 0 radical (unpaired) electrons. The molecule has 2 saturated heterocycles. The lowest BCUT2D eigenvalue weighted by Gasteiger charge is -2.44. The van der Waals surface area contributed by atoms with Crippen LogP contribution in [0.5, 0.6) is 0 Å². The SMILES string of the molecule is Cc1ccc(-c2ccc(Cl)cc2)c(C)c1C1C(=O)NC2(CCC3(CCCO3)CC2)C1O. The minimum Gasteiger partial charge on any atom is -0.389 e. The molecule has 1 saturated carbocycles. The topological polar surface area (TPSA) is 58.6 Å². The first-order valence-corrected chi connectivity index (χ1v) is 11.7. The standard InChI is InChI=1S/C26H30ClNO3/c1-16-4-9-20(18-5-7-19(27)8-6-18)17(2)21(16)22-23(29)26(28-24(22)30)13-11-25(12-14-26)10-3-15-31-25/h4-9,22-23,29H,3,10-15H2,1-2H3,(H,28,30). The highest BCUT2D eigenvalue weighted by molar-refractivity contribution is 6.30. The summed E-state index contributed by atoms with van der Waals surface area (Å²) in [5.74, 6) is -0.610. The summed E-state index contributed by atoms with van der Waals surface area (Å²) in [5.41, 5.74) is 4.58. The summed E-state index contributed by atoms with van der Waals surface area (Å²) >= 11 is 6.07. The van der Waals surface area contributed by atoms with Crippen LogP contribution in [0.1, 0.15) is 61.1 Å². The van der Waals surface area contributed by atoms with Gasteiger partial charge in [-0.05, 0) is 92.3 Å². The van der Waals surface area contributed by atoms with E-state index in [-0.39, 0.29) is 11.5 Å². The lowest BCUT2D eigenvalue weighted by Crippen LogP contribution is -2.54. The quantitative estimate of drug-likeness (QED) is 0.687. The summed E-state index contributed by atoms with van der Waals surface area (Å²) in [6.07, 6.45) is 4.81. The molecule has 2 heterocycles. The van der Waals surface area contributed by atoms with E-state index in [1.165, 1.54) is 0 Å². The van der Waals surface area contributed by atoms with Gasteiger partial charge in [0.25, 0.3) is 0 Å². The van der Waals surface area contributed by atoms with Crippen LogP contribution in [0.25, 0.3) is 11.1 Å². The summed E-state index contributed by atoms with van der Waals surface area (Å²) in [5, 5.41) is 15.5. The molecule has 164 valence electrons. The number of aliphatic hydroxyl groups excluding tert-OH is 1. The predicted molar refractivity (Wildman–Crippen MR) is 122 cm³/mol. The Labute approximate surface area is 189 Å². The number of aliphatic hydroxyl groups is 1. The summed E-state index contributed by atoms with van der Waals surface area (Å²) < 4.78 is 6.07. The summed E-state index contributed by atoms with van der Waals surface area (Å²) in [6.45, 7) is 4.92. The first-order chi connectivity index (χ1) is 14.8. The number of amides is 1. The average Bonchev–Trinajstić information content (AvgIpc) is 3.30. The molecule has 0 aromatic heterocycles. The lowest BCUT2D eigenvalue weighted by molar-refractivity contribution is -0.121. The van der Waals surface area contributed by atoms with Gasteiger partial charge in [-0.2, -0.15) is 0 Å². The number of ether oxygens (including phenoxy) is 1. The molecule has 3 aliphatic rings. The number of hydrogen-bond donors (Lipinski definition) is 2. The normalized spacial score (nSPS) is 32.7. The second kappa shape index (κ2) is 7.61. The number of nitrogens with one attached hydrogen (secondary N) is 1. The van der Waals surface area contributed by atoms with Crippen molar-refractivity contribution < 1.29 is 14.6 Å². The van der Waals surface area contributed by atoms with Crippen LogP contribution in [0, 0.1) is 13.8 Å². The minimum atomic E-state index is -0.739. The van der Waals surface area contributed by atoms with E-state index in [0.717, 1.165) is 72.9 Å². The molecule has 2 aliphatic heterocycles. The van der Waals surface area contributed by atoms with Crippen LogP contribution >= 0.6 is 11.6 Å². The van der Waals surface area contributed by atoms with E-state index in [0.29, 0.717) is 5.02 Å². The fourth-order valence-corrected chi connectivity index (χ4v) is 6.28. The maximum absolute atomic E-state index is 13.2. The van der Waals surface area contributed by atoms with Crippen molar-refractivity contribution in [3.63, 3.8) is 0 Å². The smallest absolute Gasteiger partial charge is 0.230 e. The van der Waals surface area contributed by atoms with Crippen LogP contribution < -0.4 is 5.32 Å². The van der Waals surface area contributed by atoms with Gasteiger partial charge in [0.15, 0.2) is 0 Å². The van der Waals surface area contributed by atoms with Crippen molar-refractivity contribution in [3.8, 4) is 11.1 Å². The Balaban J connectivity index is 1.48. The largest absolute Gasteiger partial charge is 0.389 e. The molecule has 2 aromatic rings. The van der Waals surface area contributed by atoms with E-state index in [2.05, 4.69) is 24.4 Å². The number of hydrogen-bond acceptors (Lipinski definition) is 3. The number of rotatable bonds is 2. The van der Waals surface area contributed by atoms with Crippen LogP contribution in [0.3, 0.4) is 0 Å². The summed E-state index contributed by atoms with van der Waals surface area (Å²) in [6, 6.07) is 11.9. The maximum Gasteiger partial charge on any atom is 0.230 e. The minimum absolute atomic E-state index is 0.0336. The third-order valence-electron chi connectivity index (χ3n) is 7.97. The predicted octanol–water partition coefficient (Wildman–Crippen LogP) is 5.06. The molecule has 0 bridgehead atoms. The Hall–Kier alpha value is -1.88. The van der Waals surface area contributed by atoms with E-state index in [1.807, 2.05) is 31.2 Å². The molecular weight excluding hydrogens is 410 g/mol. The van der Waals surface area contributed by atoms with Crippen molar-refractivity contribution in [3.05, 3.63) is 58.1 Å². The molecule has 2 N–H and O–H groups in total. The van der Waals surface area contributed by atoms with Crippen LogP contribution in [-0.4, -0.2) is 34.9 Å². The fourth-order valence-electron chi connectivity index (χ4n) is 6.16. The molecule has 2 spiro atoms. The highest BCUT2D eigenvalue weighted by Gasteiger charge is 2.57. The van der Waals surface area contributed by atoms with Gasteiger partial charge in [-0.25, -0.2) is 0 Å². The van der Waals surface area contributed by atoms with Crippen molar-refractivity contribution in [2.75, 3.05) is 6.61 Å². The first-order valence-electron chi connectivity index (χ1n) is 11.3. The molecule has 2 unspecified atom stereocenters. The molecule has 2 atom stereocenters. The molecule has 3 fully saturated rings. The van der Waals surface area contributed by atoms with Crippen molar-refractivity contribution in [1.82, 2.24) is 5.32 Å². The van der Waals surface area contributed by atoms with Gasteiger partial charge >= 0.3 is 0 Å². The van der Waals surface area contributed by atoms with Gasteiger partial charge in [0, 0.05) is 11.6 Å². The number of carbonyl (C=O) groups excluding carboxylic acids is 1. The van der Waals surface area contributed by atoms with E-state index in [9.17, 15) is 9.90 Å². The highest BCUT2D eigenvalue weighted by Crippen LogP contribution is 2.49. The summed E-state index contributed by atoms with van der Waals surface area (Å²) in [4.78, 5) is 13.2. The van der Waals surface area contributed by atoms with Crippen LogP contribution in [-0.2, 0) is 9.53 Å².